The molecule has 3 aromatic carbocycles. The Morgan fingerprint density at radius 3 is 2.63 bits per heavy atom. The average Bonchev–Trinajstić information content (AvgIpc) is 3.27. The Bertz CT molecular complexity index is 1450. The van der Waals surface area contributed by atoms with E-state index in [0.29, 0.717) is 21.9 Å². The summed E-state index contributed by atoms with van der Waals surface area (Å²) in [4.78, 5) is 16.5. The van der Waals surface area contributed by atoms with E-state index in [9.17, 15) is 13.2 Å². The summed E-state index contributed by atoms with van der Waals surface area (Å²) >= 11 is 1.13. The van der Waals surface area contributed by atoms with Crippen molar-refractivity contribution in [3.05, 3.63) is 77.9 Å². The van der Waals surface area contributed by atoms with Crippen LogP contribution in [0.4, 0.5) is 0 Å². The summed E-state index contributed by atoms with van der Waals surface area (Å²) in [5.74, 6) is -0.226. The molecule has 4 rings (SSSR count). The number of fused-ring (bicyclic) bond motifs is 1. The molecule has 0 spiro atoms. The van der Waals surface area contributed by atoms with E-state index in [4.69, 9.17) is 13.3 Å². The molecule has 0 aliphatic carbocycles. The van der Waals surface area contributed by atoms with Crippen LogP contribution in [0.2, 0.25) is 0 Å². The second-order valence-electron chi connectivity index (χ2n) is 7.26. The van der Waals surface area contributed by atoms with Gasteiger partial charge in [0.1, 0.15) is 10.4 Å². The number of carbonyl (C=O) groups excluding carboxylic acids is 1. The van der Waals surface area contributed by atoms with Crippen molar-refractivity contribution in [3.8, 4) is 11.5 Å². The third kappa shape index (κ3) is 6.00. The number of aryl methyl sites for hydroxylation is 1. The fourth-order valence-electron chi connectivity index (χ4n) is 2.99. The number of benzene rings is 3. The van der Waals surface area contributed by atoms with E-state index in [1.54, 1.807) is 36.4 Å². The molecule has 0 saturated carbocycles. The minimum Gasteiger partial charge on any atom is -0.493 e. The molecule has 0 aliphatic heterocycles. The molecule has 180 valence electrons. The number of ether oxygens (including phenoxy) is 1. The van der Waals surface area contributed by atoms with Crippen molar-refractivity contribution in [2.75, 3.05) is 12.9 Å². The van der Waals surface area contributed by atoms with Gasteiger partial charge in [0.25, 0.3) is 11.1 Å². The van der Waals surface area contributed by atoms with Gasteiger partial charge in [-0.2, -0.15) is 13.5 Å². The molecule has 0 fully saturated rings. The Balaban J connectivity index is 1.44. The number of rotatable bonds is 9. The third-order valence-electron chi connectivity index (χ3n) is 4.73. The molecule has 11 heteroatoms. The van der Waals surface area contributed by atoms with Crippen LogP contribution in [0.1, 0.15) is 11.1 Å². The molecule has 0 radical (unpaired) electrons. The second-order valence-corrected chi connectivity index (χ2v) is 9.73. The number of nitrogens with zero attached hydrogens (tertiary/aromatic N) is 2. The first-order valence-electron chi connectivity index (χ1n) is 10.3. The van der Waals surface area contributed by atoms with Crippen LogP contribution in [0.3, 0.4) is 0 Å². The smallest absolute Gasteiger partial charge is 0.339 e. The van der Waals surface area contributed by atoms with Gasteiger partial charge in [-0.25, -0.2) is 10.4 Å². The van der Waals surface area contributed by atoms with E-state index in [1.165, 1.54) is 25.5 Å². The molecule has 1 aromatic heterocycles. The summed E-state index contributed by atoms with van der Waals surface area (Å²) in [6, 6.07) is 18.4. The fourth-order valence-corrected chi connectivity index (χ4v) is 4.59. The lowest BCUT2D eigenvalue weighted by Gasteiger charge is -2.13. The van der Waals surface area contributed by atoms with E-state index in [2.05, 4.69) is 15.5 Å². The predicted molar refractivity (Wildman–Crippen MR) is 132 cm³/mol. The Morgan fingerprint density at radius 2 is 1.89 bits per heavy atom. The minimum absolute atomic E-state index is 0.00131. The Hall–Kier alpha value is -3.83. The van der Waals surface area contributed by atoms with Crippen molar-refractivity contribution in [1.82, 2.24) is 10.4 Å². The zero-order chi connectivity index (χ0) is 24.8. The first-order valence-corrected chi connectivity index (χ1v) is 12.7. The van der Waals surface area contributed by atoms with E-state index in [-0.39, 0.29) is 22.1 Å². The topological polar surface area (TPSA) is 120 Å². The quantitative estimate of drug-likeness (QED) is 0.154. The first kappa shape index (κ1) is 24.3. The van der Waals surface area contributed by atoms with Crippen molar-refractivity contribution >= 4 is 45.1 Å². The van der Waals surface area contributed by atoms with Crippen molar-refractivity contribution in [3.63, 3.8) is 0 Å². The van der Waals surface area contributed by atoms with Gasteiger partial charge in [0.05, 0.1) is 19.1 Å². The number of hydrogen-bond acceptors (Lipinski definition) is 9. The van der Waals surface area contributed by atoms with Gasteiger partial charge in [0.2, 0.25) is 0 Å². The number of amides is 1. The second kappa shape index (κ2) is 10.6. The lowest BCUT2D eigenvalue weighted by atomic mass is 10.2. The maximum atomic E-state index is 12.8. The fraction of sp³-hybridized carbons (Fsp3) is 0.125. The zero-order valence-corrected chi connectivity index (χ0v) is 20.4. The summed E-state index contributed by atoms with van der Waals surface area (Å²) < 4.78 is 41.8. The van der Waals surface area contributed by atoms with Crippen LogP contribution in [0.25, 0.3) is 11.1 Å². The molecule has 0 saturated heterocycles. The number of oxazole rings is 1. The number of hydrazone groups is 1. The molecule has 4 aromatic rings. The van der Waals surface area contributed by atoms with Gasteiger partial charge >= 0.3 is 10.1 Å². The number of aromatic nitrogens is 1. The summed E-state index contributed by atoms with van der Waals surface area (Å²) in [6.45, 7) is 1.85. The van der Waals surface area contributed by atoms with Gasteiger partial charge in [-0.3, -0.25) is 4.79 Å². The lowest BCUT2D eigenvalue weighted by molar-refractivity contribution is -0.118. The van der Waals surface area contributed by atoms with Crippen molar-refractivity contribution in [1.29, 1.82) is 0 Å². The van der Waals surface area contributed by atoms with Gasteiger partial charge in [-0.1, -0.05) is 47.7 Å². The number of thioether (sulfide) groups is 1. The van der Waals surface area contributed by atoms with Gasteiger partial charge < -0.3 is 13.3 Å². The standard InChI is InChI=1S/C24H21N3O6S2/c1-16-10-12-18(13-11-16)35(29,30)33-23-17(6-5-9-21(23)31-2)14-25-27-22(28)15-34-24-26-19-7-3-4-8-20(19)32-24/h3-14H,15H2,1-2H3,(H,27,28)/b25-14-. The zero-order valence-electron chi connectivity index (χ0n) is 18.8. The van der Waals surface area contributed by atoms with Crippen LogP contribution in [-0.2, 0) is 14.9 Å². The molecule has 9 nitrogen and oxygen atoms in total. The molecule has 35 heavy (non-hydrogen) atoms. The molecular weight excluding hydrogens is 490 g/mol. The third-order valence-corrected chi connectivity index (χ3v) is 6.79. The minimum atomic E-state index is -4.13. The number of para-hydroxylation sites is 3. The largest absolute Gasteiger partial charge is 0.493 e. The molecule has 0 aliphatic rings. The number of carbonyl (C=O) groups is 1. The van der Waals surface area contributed by atoms with Gasteiger partial charge in [0.15, 0.2) is 17.1 Å². The molecule has 1 amide bonds. The highest BCUT2D eigenvalue weighted by molar-refractivity contribution is 7.99. The van der Waals surface area contributed by atoms with E-state index in [0.717, 1.165) is 17.3 Å². The number of methoxy groups -OCH3 is 1. The SMILES string of the molecule is COc1cccc(/C=N\NC(=O)CSc2nc3ccccc3o2)c1OS(=O)(=O)c1ccc(C)cc1. The summed E-state index contributed by atoms with van der Waals surface area (Å²) in [5, 5.41) is 4.30. The summed E-state index contributed by atoms with van der Waals surface area (Å²) in [7, 11) is -2.73. The van der Waals surface area contributed by atoms with E-state index in [1.807, 2.05) is 25.1 Å². The van der Waals surface area contributed by atoms with Gasteiger partial charge in [-0.15, -0.1) is 0 Å². The average molecular weight is 512 g/mol. The van der Waals surface area contributed by atoms with Crippen molar-refractivity contribution in [2.45, 2.75) is 17.0 Å². The van der Waals surface area contributed by atoms with E-state index < -0.39 is 16.0 Å². The Kier molecular flexibility index (Phi) is 7.37. The van der Waals surface area contributed by atoms with Crippen LogP contribution in [0.5, 0.6) is 11.5 Å². The van der Waals surface area contributed by atoms with Crippen LogP contribution < -0.4 is 14.3 Å². The van der Waals surface area contributed by atoms with Crippen LogP contribution in [0, 0.1) is 6.92 Å². The highest BCUT2D eigenvalue weighted by Crippen LogP contribution is 2.33. The van der Waals surface area contributed by atoms with Crippen LogP contribution in [0.15, 0.2) is 86.4 Å². The van der Waals surface area contributed by atoms with Gasteiger partial charge in [0, 0.05) is 5.56 Å². The molecule has 1 heterocycles. The maximum absolute atomic E-state index is 12.8. The Morgan fingerprint density at radius 1 is 1.11 bits per heavy atom. The van der Waals surface area contributed by atoms with Crippen molar-refractivity contribution in [2.24, 2.45) is 5.10 Å². The highest BCUT2D eigenvalue weighted by Gasteiger charge is 2.21. The number of hydrogen-bond donors (Lipinski definition) is 1. The highest BCUT2D eigenvalue weighted by atomic mass is 32.2. The first-order chi connectivity index (χ1) is 16.9. The van der Waals surface area contributed by atoms with Crippen LogP contribution >= 0.6 is 11.8 Å². The molecule has 1 N–H and O–H groups in total. The summed E-state index contributed by atoms with van der Waals surface area (Å²) in [6.07, 6.45) is 1.28. The Labute approximate surface area is 206 Å². The van der Waals surface area contributed by atoms with Crippen LogP contribution in [-0.4, -0.2) is 38.4 Å². The monoisotopic (exact) mass is 511 g/mol. The molecule has 0 bridgehead atoms. The van der Waals surface area contributed by atoms with Crippen molar-refractivity contribution < 1.29 is 26.5 Å². The van der Waals surface area contributed by atoms with Gasteiger partial charge in [-0.05, 0) is 43.3 Å². The maximum Gasteiger partial charge on any atom is 0.339 e. The molecule has 0 atom stereocenters. The predicted octanol–water partition coefficient (Wildman–Crippen LogP) is 4.15. The van der Waals surface area contributed by atoms with E-state index >= 15 is 0 Å². The number of nitrogens with one attached hydrogen (secondary N) is 1. The summed E-state index contributed by atoms with van der Waals surface area (Å²) in [5.41, 5.74) is 4.96. The lowest BCUT2D eigenvalue weighted by Crippen LogP contribution is -2.19. The normalized spacial score (nSPS) is 11.6. The molecular formula is C24H21N3O6S2. The molecule has 0 unspecified atom stereocenters.